The molecule has 3 nitrogen and oxygen atoms in total. The first-order valence-corrected chi connectivity index (χ1v) is 9.10. The topological polar surface area (TPSA) is 42.0 Å². The predicted molar refractivity (Wildman–Crippen MR) is 94.7 cm³/mol. The molecular formula is C19H24N2OS. The number of carbonyl (C=O) groups is 1. The quantitative estimate of drug-likeness (QED) is 0.916. The van der Waals surface area contributed by atoms with Crippen LogP contribution in [-0.4, -0.2) is 10.9 Å². The number of nitrogens with zero attached hydrogens (tertiary/aromatic N) is 1. The number of pyridine rings is 1. The summed E-state index contributed by atoms with van der Waals surface area (Å²) in [5.41, 5.74) is 3.36. The van der Waals surface area contributed by atoms with E-state index in [4.69, 9.17) is 0 Å². The predicted octanol–water partition coefficient (Wildman–Crippen LogP) is 4.22. The van der Waals surface area contributed by atoms with Crippen LogP contribution < -0.4 is 5.32 Å². The second-order valence-corrected chi connectivity index (χ2v) is 8.32. The van der Waals surface area contributed by atoms with Crippen molar-refractivity contribution >= 4 is 17.2 Å². The number of thiophene rings is 1. The molecule has 0 bridgehead atoms. The summed E-state index contributed by atoms with van der Waals surface area (Å²) in [6.07, 6.45) is 5.05. The smallest absolute Gasteiger partial charge is 0.252 e. The molecular weight excluding hydrogens is 304 g/mol. The van der Waals surface area contributed by atoms with Crippen molar-refractivity contribution in [1.82, 2.24) is 10.3 Å². The van der Waals surface area contributed by atoms with Gasteiger partial charge in [-0.1, -0.05) is 26.8 Å². The van der Waals surface area contributed by atoms with E-state index in [1.807, 2.05) is 23.6 Å². The average molecular weight is 328 g/mol. The van der Waals surface area contributed by atoms with Gasteiger partial charge in [-0.15, -0.1) is 11.3 Å². The summed E-state index contributed by atoms with van der Waals surface area (Å²) in [6, 6.07) is 5.75. The molecule has 0 saturated carbocycles. The van der Waals surface area contributed by atoms with Crippen LogP contribution in [0.15, 0.2) is 29.8 Å². The van der Waals surface area contributed by atoms with Crippen LogP contribution in [0.5, 0.6) is 0 Å². The molecule has 1 aliphatic rings. The Hall–Kier alpha value is -1.68. The molecule has 122 valence electrons. The monoisotopic (exact) mass is 328 g/mol. The molecule has 0 radical (unpaired) electrons. The summed E-state index contributed by atoms with van der Waals surface area (Å²) in [6.45, 7) is 7.43. The van der Waals surface area contributed by atoms with Crippen molar-refractivity contribution in [1.29, 1.82) is 0 Å². The van der Waals surface area contributed by atoms with Crippen molar-refractivity contribution in [2.45, 2.75) is 46.6 Å². The molecule has 0 spiro atoms. The van der Waals surface area contributed by atoms with Crippen molar-refractivity contribution in [3.05, 3.63) is 51.5 Å². The highest BCUT2D eigenvalue weighted by atomic mass is 32.1. The van der Waals surface area contributed by atoms with Crippen molar-refractivity contribution in [3.63, 3.8) is 0 Å². The van der Waals surface area contributed by atoms with Crippen molar-refractivity contribution in [2.24, 2.45) is 11.3 Å². The molecule has 1 unspecified atom stereocenters. The van der Waals surface area contributed by atoms with Gasteiger partial charge in [0.15, 0.2) is 0 Å². The van der Waals surface area contributed by atoms with E-state index in [9.17, 15) is 4.79 Å². The summed E-state index contributed by atoms with van der Waals surface area (Å²) in [5, 5.41) is 5.03. The van der Waals surface area contributed by atoms with Gasteiger partial charge in [0.25, 0.3) is 5.91 Å². The van der Waals surface area contributed by atoms with Crippen molar-refractivity contribution in [2.75, 3.05) is 0 Å². The second kappa shape index (κ2) is 6.44. The van der Waals surface area contributed by atoms with Gasteiger partial charge >= 0.3 is 0 Å². The van der Waals surface area contributed by atoms with E-state index in [2.05, 4.69) is 31.1 Å². The van der Waals surface area contributed by atoms with E-state index < -0.39 is 0 Å². The van der Waals surface area contributed by atoms with E-state index in [-0.39, 0.29) is 5.91 Å². The highest BCUT2D eigenvalue weighted by Gasteiger charge is 2.31. The van der Waals surface area contributed by atoms with Crippen molar-refractivity contribution < 1.29 is 4.79 Å². The third-order valence-electron chi connectivity index (χ3n) is 4.78. The SMILES string of the molecule is CC(C)(C)C1CCc2c(C(=O)NCc3ccccn3)csc2C1. The van der Waals surface area contributed by atoms with Gasteiger partial charge in [-0.05, 0) is 48.3 Å². The van der Waals surface area contributed by atoms with Crippen LogP contribution in [0.25, 0.3) is 0 Å². The second-order valence-electron chi connectivity index (χ2n) is 7.36. The molecule has 23 heavy (non-hydrogen) atoms. The standard InChI is InChI=1S/C19H24N2OS/c1-19(2,3)13-7-8-15-16(12-23-17(15)10-13)18(22)21-11-14-6-4-5-9-20-14/h4-6,9,12-13H,7-8,10-11H2,1-3H3,(H,21,22). The Morgan fingerprint density at radius 2 is 2.22 bits per heavy atom. The summed E-state index contributed by atoms with van der Waals surface area (Å²) in [5.74, 6) is 0.737. The fourth-order valence-corrected chi connectivity index (χ4v) is 4.37. The Kier molecular flexibility index (Phi) is 4.53. The zero-order valence-electron chi connectivity index (χ0n) is 14.1. The first-order valence-electron chi connectivity index (χ1n) is 8.22. The van der Waals surface area contributed by atoms with Crippen LogP contribution in [0.3, 0.4) is 0 Å². The lowest BCUT2D eigenvalue weighted by Gasteiger charge is -2.34. The molecule has 2 aromatic rings. The molecule has 3 rings (SSSR count). The van der Waals surface area contributed by atoms with Crippen LogP contribution >= 0.6 is 11.3 Å². The fourth-order valence-electron chi connectivity index (χ4n) is 3.21. The number of hydrogen-bond acceptors (Lipinski definition) is 3. The van der Waals surface area contributed by atoms with Gasteiger partial charge in [-0.2, -0.15) is 0 Å². The number of carbonyl (C=O) groups excluding carboxylic acids is 1. The maximum Gasteiger partial charge on any atom is 0.252 e. The molecule has 1 atom stereocenters. The number of nitrogens with one attached hydrogen (secondary N) is 1. The summed E-state index contributed by atoms with van der Waals surface area (Å²) in [4.78, 5) is 18.1. The first-order chi connectivity index (χ1) is 10.9. The first kappa shape index (κ1) is 16.2. The summed E-state index contributed by atoms with van der Waals surface area (Å²) in [7, 11) is 0. The number of fused-ring (bicyclic) bond motifs is 1. The van der Waals surface area contributed by atoms with Gasteiger partial charge in [-0.25, -0.2) is 0 Å². The molecule has 0 saturated heterocycles. The molecule has 0 aromatic carbocycles. The zero-order chi connectivity index (χ0) is 16.4. The minimum atomic E-state index is 0.0300. The van der Waals surface area contributed by atoms with E-state index in [0.29, 0.717) is 17.9 Å². The lowest BCUT2D eigenvalue weighted by Crippen LogP contribution is -2.28. The third kappa shape index (κ3) is 3.63. The third-order valence-corrected chi connectivity index (χ3v) is 5.83. The zero-order valence-corrected chi connectivity index (χ0v) is 14.9. The van der Waals surface area contributed by atoms with E-state index >= 15 is 0 Å². The highest BCUT2D eigenvalue weighted by molar-refractivity contribution is 7.10. The molecule has 2 heterocycles. The highest BCUT2D eigenvalue weighted by Crippen LogP contribution is 2.40. The Morgan fingerprint density at radius 1 is 1.39 bits per heavy atom. The summed E-state index contributed by atoms with van der Waals surface area (Å²) < 4.78 is 0. The largest absolute Gasteiger partial charge is 0.346 e. The summed E-state index contributed by atoms with van der Waals surface area (Å²) >= 11 is 1.75. The van der Waals surface area contributed by atoms with E-state index in [1.54, 1.807) is 17.5 Å². The molecule has 1 amide bonds. The van der Waals surface area contributed by atoms with Crippen LogP contribution in [0.2, 0.25) is 0 Å². The number of hydrogen-bond donors (Lipinski definition) is 1. The molecule has 4 heteroatoms. The van der Waals surface area contributed by atoms with Crippen LogP contribution in [0.1, 0.15) is 53.7 Å². The normalized spacial score (nSPS) is 17.6. The maximum absolute atomic E-state index is 12.5. The molecule has 0 fully saturated rings. The van der Waals surface area contributed by atoms with Gasteiger partial charge in [0.05, 0.1) is 17.8 Å². The fraction of sp³-hybridized carbons (Fsp3) is 0.474. The lowest BCUT2D eigenvalue weighted by atomic mass is 9.72. The van der Waals surface area contributed by atoms with Crippen molar-refractivity contribution in [3.8, 4) is 0 Å². The number of aromatic nitrogens is 1. The number of amides is 1. The lowest BCUT2D eigenvalue weighted by molar-refractivity contribution is 0.0949. The maximum atomic E-state index is 12.5. The van der Waals surface area contributed by atoms with Crippen LogP contribution in [-0.2, 0) is 19.4 Å². The Labute approximate surface area is 142 Å². The van der Waals surface area contributed by atoms with Gasteiger partial charge < -0.3 is 5.32 Å². The van der Waals surface area contributed by atoms with Gasteiger partial charge in [-0.3, -0.25) is 9.78 Å². The van der Waals surface area contributed by atoms with Gasteiger partial charge in [0, 0.05) is 16.5 Å². The van der Waals surface area contributed by atoms with Gasteiger partial charge in [0.2, 0.25) is 0 Å². The minimum absolute atomic E-state index is 0.0300. The Bertz CT molecular complexity index is 685. The molecule has 0 aliphatic heterocycles. The minimum Gasteiger partial charge on any atom is -0.346 e. The average Bonchev–Trinajstić information content (AvgIpc) is 2.96. The van der Waals surface area contributed by atoms with Crippen LogP contribution in [0, 0.1) is 11.3 Å². The van der Waals surface area contributed by atoms with E-state index in [1.165, 1.54) is 16.9 Å². The molecule has 1 aliphatic carbocycles. The van der Waals surface area contributed by atoms with Gasteiger partial charge in [0.1, 0.15) is 0 Å². The van der Waals surface area contributed by atoms with E-state index in [0.717, 1.165) is 24.1 Å². The Morgan fingerprint density at radius 3 is 2.91 bits per heavy atom. The Balaban J connectivity index is 1.68. The molecule has 1 N–H and O–H groups in total. The number of rotatable bonds is 3. The van der Waals surface area contributed by atoms with Crippen LogP contribution in [0.4, 0.5) is 0 Å². The molecule has 2 aromatic heterocycles.